The second-order valence-corrected chi connectivity index (χ2v) is 8.76. The van der Waals surface area contributed by atoms with Crippen molar-refractivity contribution < 1.29 is 14.7 Å². The second kappa shape index (κ2) is 8.30. The predicted molar refractivity (Wildman–Crippen MR) is 114 cm³/mol. The predicted octanol–water partition coefficient (Wildman–Crippen LogP) is 2.92. The van der Waals surface area contributed by atoms with E-state index in [0.717, 1.165) is 5.56 Å². The molecule has 1 aromatic carbocycles. The van der Waals surface area contributed by atoms with Gasteiger partial charge in [-0.3, -0.25) is 14.9 Å². The molecule has 3 rings (SSSR count). The molecule has 3 aromatic rings. The first-order valence-corrected chi connectivity index (χ1v) is 10.2. The monoisotopic (exact) mass is 415 g/mol. The van der Waals surface area contributed by atoms with Crippen molar-refractivity contribution in [2.24, 2.45) is 0 Å². The van der Waals surface area contributed by atoms with Gasteiger partial charge in [-0.1, -0.05) is 29.0 Å². The van der Waals surface area contributed by atoms with Crippen molar-refractivity contribution in [3.05, 3.63) is 41.1 Å². The van der Waals surface area contributed by atoms with Gasteiger partial charge < -0.3 is 10.4 Å². The lowest BCUT2D eigenvalue weighted by molar-refractivity contribution is 0.0945. The van der Waals surface area contributed by atoms with Crippen molar-refractivity contribution in [3.63, 3.8) is 0 Å². The Labute approximate surface area is 173 Å². The van der Waals surface area contributed by atoms with Crippen LogP contribution in [0.25, 0.3) is 10.3 Å². The summed E-state index contributed by atoms with van der Waals surface area (Å²) in [4.78, 5) is 29.6. The third-order valence-electron chi connectivity index (χ3n) is 4.23. The van der Waals surface area contributed by atoms with Crippen LogP contribution in [-0.4, -0.2) is 44.8 Å². The zero-order chi connectivity index (χ0) is 21.2. The molecule has 154 valence electrons. The Balaban J connectivity index is 1.93. The number of aromatic nitrogens is 3. The molecule has 8 nitrogen and oxygen atoms in total. The van der Waals surface area contributed by atoms with Crippen molar-refractivity contribution in [3.8, 4) is 0 Å². The van der Waals surface area contributed by atoms with Gasteiger partial charge in [0, 0.05) is 18.7 Å². The van der Waals surface area contributed by atoms with Gasteiger partial charge in [-0.2, -0.15) is 10.1 Å². The molecule has 0 fully saturated rings. The second-order valence-electron chi connectivity index (χ2n) is 7.76. The van der Waals surface area contributed by atoms with Crippen molar-refractivity contribution >= 4 is 38.6 Å². The molecule has 0 spiro atoms. The van der Waals surface area contributed by atoms with Crippen molar-refractivity contribution in [2.45, 2.75) is 39.7 Å². The van der Waals surface area contributed by atoms with E-state index in [1.165, 1.54) is 11.3 Å². The number of fused-ring (bicyclic) bond motifs is 1. The molecule has 2 amide bonds. The van der Waals surface area contributed by atoms with Crippen LogP contribution in [0.4, 0.5) is 5.13 Å². The maximum absolute atomic E-state index is 12.6. The van der Waals surface area contributed by atoms with Gasteiger partial charge in [0.25, 0.3) is 11.8 Å². The lowest BCUT2D eigenvalue weighted by atomic mass is 10.1. The molecule has 3 N–H and O–H groups in total. The minimum atomic E-state index is -0.395. The highest BCUT2D eigenvalue weighted by Crippen LogP contribution is 2.32. The van der Waals surface area contributed by atoms with E-state index < -0.39 is 5.54 Å². The maximum atomic E-state index is 12.6. The number of carbonyl (C=O) groups excluding carboxylic acids is 2. The molecule has 2 aromatic heterocycles. The Kier molecular flexibility index (Phi) is 5.99. The number of nitrogens with one attached hydrogen (secondary N) is 2. The summed E-state index contributed by atoms with van der Waals surface area (Å²) in [5.41, 5.74) is 2.03. The fourth-order valence-corrected chi connectivity index (χ4v) is 3.63. The average molecular weight is 416 g/mol. The van der Waals surface area contributed by atoms with Gasteiger partial charge in [-0.15, -0.1) is 0 Å². The first-order chi connectivity index (χ1) is 13.7. The summed E-state index contributed by atoms with van der Waals surface area (Å²) in [7, 11) is 0. The van der Waals surface area contributed by atoms with E-state index >= 15 is 0 Å². The van der Waals surface area contributed by atoms with E-state index in [9.17, 15) is 9.59 Å². The molecule has 0 aliphatic carbocycles. The van der Waals surface area contributed by atoms with Crippen LogP contribution in [0.3, 0.4) is 0 Å². The third kappa shape index (κ3) is 4.63. The van der Waals surface area contributed by atoms with Crippen molar-refractivity contribution in [1.29, 1.82) is 0 Å². The fourth-order valence-electron chi connectivity index (χ4n) is 2.71. The van der Waals surface area contributed by atoms with Gasteiger partial charge in [0.05, 0.1) is 5.54 Å². The Hall–Kier alpha value is -2.78. The number of nitrogens with zero attached hydrogens (tertiary/aromatic N) is 3. The molecule has 2 heterocycles. The highest BCUT2D eigenvalue weighted by Gasteiger charge is 2.27. The number of thiazole rings is 1. The van der Waals surface area contributed by atoms with E-state index in [2.05, 4.69) is 20.7 Å². The number of aliphatic hydroxyl groups is 1. The van der Waals surface area contributed by atoms with Crippen LogP contribution in [0.5, 0.6) is 0 Å². The highest BCUT2D eigenvalue weighted by atomic mass is 32.1. The van der Waals surface area contributed by atoms with Crippen LogP contribution >= 0.6 is 11.3 Å². The molecule has 0 unspecified atom stereocenters. The zero-order valence-electron chi connectivity index (χ0n) is 16.9. The molecular weight excluding hydrogens is 390 g/mol. The van der Waals surface area contributed by atoms with Crippen LogP contribution < -0.4 is 10.6 Å². The highest BCUT2D eigenvalue weighted by molar-refractivity contribution is 7.22. The van der Waals surface area contributed by atoms with E-state index in [0.29, 0.717) is 34.0 Å². The van der Waals surface area contributed by atoms with Crippen LogP contribution in [-0.2, 0) is 5.54 Å². The summed E-state index contributed by atoms with van der Waals surface area (Å²) in [6.45, 7) is 8.22. The molecular formula is C20H25N5O3S. The molecule has 0 saturated heterocycles. The van der Waals surface area contributed by atoms with Crippen molar-refractivity contribution in [2.75, 3.05) is 18.5 Å². The first kappa shape index (κ1) is 20.9. The number of hydrogen-bond donors (Lipinski definition) is 3. The molecule has 0 bridgehead atoms. The Morgan fingerprint density at radius 3 is 2.48 bits per heavy atom. The number of hydrogen-bond acceptors (Lipinski definition) is 6. The minimum absolute atomic E-state index is 0.00186. The number of carbonyl (C=O) groups is 2. The zero-order valence-corrected chi connectivity index (χ0v) is 17.8. The van der Waals surface area contributed by atoms with E-state index in [1.54, 1.807) is 16.8 Å². The molecule has 0 aliphatic heterocycles. The van der Waals surface area contributed by atoms with Crippen LogP contribution in [0.1, 0.15) is 53.6 Å². The smallest absolute Gasteiger partial charge is 0.273 e. The largest absolute Gasteiger partial charge is 0.396 e. The van der Waals surface area contributed by atoms with E-state index in [1.807, 2.05) is 39.8 Å². The number of rotatable bonds is 6. The Morgan fingerprint density at radius 1 is 1.17 bits per heavy atom. The fraction of sp³-hybridized carbons (Fsp3) is 0.400. The topological polar surface area (TPSA) is 109 Å². The first-order valence-electron chi connectivity index (χ1n) is 9.38. The molecule has 0 saturated carbocycles. The average Bonchev–Trinajstić information content (AvgIpc) is 3.20. The van der Waals surface area contributed by atoms with Gasteiger partial charge in [-0.05, 0) is 46.2 Å². The SMILES string of the molecule is Cc1ccc(C(=O)Nc2nc3c(s2)c(C(=O)NCCCO)nn3C(C)(C)C)cc1. The summed E-state index contributed by atoms with van der Waals surface area (Å²) in [5.74, 6) is -0.586. The lowest BCUT2D eigenvalue weighted by Crippen LogP contribution is -2.27. The summed E-state index contributed by atoms with van der Waals surface area (Å²) in [6.07, 6.45) is 0.468. The number of aryl methyl sites for hydroxylation is 1. The quantitative estimate of drug-likeness (QED) is 0.536. The molecule has 0 radical (unpaired) electrons. The normalized spacial score (nSPS) is 11.6. The van der Waals surface area contributed by atoms with Crippen LogP contribution in [0, 0.1) is 6.92 Å². The summed E-state index contributed by atoms with van der Waals surface area (Å²) < 4.78 is 2.31. The number of aliphatic hydroxyl groups excluding tert-OH is 1. The maximum Gasteiger partial charge on any atom is 0.273 e. The standard InChI is InChI=1S/C20H25N5O3S/c1-12-6-8-13(9-7-12)17(27)23-19-22-16-15(29-19)14(18(28)21-10-5-11-26)24-25(16)20(2,3)4/h6-9,26H,5,10-11H2,1-4H3,(H,21,28)(H,22,23,27). The van der Waals surface area contributed by atoms with Crippen molar-refractivity contribution in [1.82, 2.24) is 20.1 Å². The molecule has 29 heavy (non-hydrogen) atoms. The molecule has 9 heteroatoms. The van der Waals surface area contributed by atoms with E-state index in [4.69, 9.17) is 5.11 Å². The van der Waals surface area contributed by atoms with Crippen LogP contribution in [0.2, 0.25) is 0 Å². The minimum Gasteiger partial charge on any atom is -0.396 e. The van der Waals surface area contributed by atoms with Gasteiger partial charge in [0.15, 0.2) is 16.5 Å². The number of anilines is 1. The van der Waals surface area contributed by atoms with Gasteiger partial charge in [-0.25, -0.2) is 4.68 Å². The lowest BCUT2D eigenvalue weighted by Gasteiger charge is -2.19. The molecule has 0 aliphatic rings. The number of amides is 2. The number of benzene rings is 1. The van der Waals surface area contributed by atoms with Gasteiger partial charge >= 0.3 is 0 Å². The summed E-state index contributed by atoms with van der Waals surface area (Å²) >= 11 is 1.22. The third-order valence-corrected chi connectivity index (χ3v) is 5.20. The Morgan fingerprint density at radius 2 is 1.86 bits per heavy atom. The Bertz CT molecular complexity index is 1030. The molecule has 0 atom stereocenters. The summed E-state index contributed by atoms with van der Waals surface area (Å²) in [6, 6.07) is 7.27. The van der Waals surface area contributed by atoms with E-state index in [-0.39, 0.29) is 24.1 Å². The van der Waals surface area contributed by atoms with Crippen LogP contribution in [0.15, 0.2) is 24.3 Å². The van der Waals surface area contributed by atoms with Gasteiger partial charge in [0.2, 0.25) is 0 Å². The summed E-state index contributed by atoms with van der Waals surface area (Å²) in [5, 5.41) is 19.3. The van der Waals surface area contributed by atoms with Gasteiger partial charge in [0.1, 0.15) is 4.70 Å².